The van der Waals surface area contributed by atoms with Crippen molar-refractivity contribution < 1.29 is 24.2 Å². The molecule has 8 heteroatoms. The van der Waals surface area contributed by atoms with Crippen LogP contribution in [-0.4, -0.2) is 39.3 Å². The Bertz CT molecular complexity index is 717. The zero-order valence-electron chi connectivity index (χ0n) is 11.0. The van der Waals surface area contributed by atoms with Crippen LogP contribution in [0.5, 0.6) is 0 Å². The first-order chi connectivity index (χ1) is 10.0. The van der Waals surface area contributed by atoms with E-state index in [0.717, 1.165) is 4.57 Å². The third kappa shape index (κ3) is 3.29. The van der Waals surface area contributed by atoms with E-state index < -0.39 is 23.7 Å². The Balaban J connectivity index is 2.16. The molecule has 0 aliphatic rings. The molecule has 2 rings (SSSR count). The summed E-state index contributed by atoms with van der Waals surface area (Å²) in [5.41, 5.74) is 0.798. The summed E-state index contributed by atoms with van der Waals surface area (Å²) >= 11 is 0. The lowest BCUT2D eigenvalue weighted by molar-refractivity contribution is -0.142. The van der Waals surface area contributed by atoms with E-state index in [1.165, 1.54) is 0 Å². The lowest BCUT2D eigenvalue weighted by atomic mass is 10.2. The number of benzene rings is 1. The Morgan fingerprint density at radius 1 is 1.33 bits per heavy atom. The predicted octanol–water partition coefficient (Wildman–Crippen LogP) is -0.454. The van der Waals surface area contributed by atoms with Gasteiger partial charge in [-0.25, -0.2) is 9.59 Å². The third-order valence-electron chi connectivity index (χ3n) is 2.93. The molecule has 0 aliphatic heterocycles. The second-order valence-electron chi connectivity index (χ2n) is 4.39. The number of aromatic nitrogens is 1. The molecule has 21 heavy (non-hydrogen) atoms. The van der Waals surface area contributed by atoms with E-state index in [0.29, 0.717) is 11.1 Å². The minimum atomic E-state index is -1.25. The number of hydrogen-bond acceptors (Lipinski definition) is 5. The summed E-state index contributed by atoms with van der Waals surface area (Å²) in [5.74, 6) is -2.59. The van der Waals surface area contributed by atoms with Crippen molar-refractivity contribution in [2.24, 2.45) is 0 Å². The summed E-state index contributed by atoms with van der Waals surface area (Å²) in [4.78, 5) is 34.4. The van der Waals surface area contributed by atoms with E-state index in [9.17, 15) is 14.4 Å². The van der Waals surface area contributed by atoms with Gasteiger partial charge in [-0.05, 0) is 12.1 Å². The van der Waals surface area contributed by atoms with Crippen molar-refractivity contribution in [3.05, 3.63) is 34.8 Å². The maximum Gasteiger partial charge on any atom is 0.420 e. The van der Waals surface area contributed by atoms with Crippen molar-refractivity contribution in [3.8, 4) is 0 Å². The number of nitrogens with one attached hydrogen (secondary N) is 1. The third-order valence-corrected chi connectivity index (χ3v) is 2.93. The van der Waals surface area contributed by atoms with Crippen molar-refractivity contribution in [1.82, 2.24) is 9.88 Å². The molecule has 1 atom stereocenters. The molecule has 0 fully saturated rings. The Kier molecular flexibility index (Phi) is 4.39. The summed E-state index contributed by atoms with van der Waals surface area (Å²) in [7, 11) is 0. The smallest absolute Gasteiger partial charge is 0.420 e. The van der Waals surface area contributed by atoms with Crippen LogP contribution in [-0.2, 0) is 16.1 Å². The van der Waals surface area contributed by atoms with E-state index >= 15 is 0 Å². The quantitative estimate of drug-likeness (QED) is 0.663. The number of hydrogen-bond donors (Lipinski definition) is 3. The number of oxazole rings is 1. The zero-order chi connectivity index (χ0) is 15.4. The normalized spacial score (nSPS) is 12.2. The van der Waals surface area contributed by atoms with E-state index in [-0.39, 0.29) is 19.6 Å². The molecule has 0 saturated heterocycles. The summed E-state index contributed by atoms with van der Waals surface area (Å²) in [5, 5.41) is 19.9. The number of carboxylic acid groups (broad SMARTS) is 1. The van der Waals surface area contributed by atoms with Gasteiger partial charge in [0.1, 0.15) is 12.6 Å². The number of aliphatic hydroxyl groups is 1. The van der Waals surface area contributed by atoms with Gasteiger partial charge in [0, 0.05) is 13.0 Å². The number of rotatable bonds is 6. The van der Waals surface area contributed by atoms with E-state index in [2.05, 4.69) is 5.32 Å². The van der Waals surface area contributed by atoms with Crippen LogP contribution in [0.15, 0.2) is 33.5 Å². The molecule has 0 radical (unpaired) electrons. The molecule has 0 unspecified atom stereocenters. The van der Waals surface area contributed by atoms with Crippen molar-refractivity contribution in [3.63, 3.8) is 0 Å². The van der Waals surface area contributed by atoms with Gasteiger partial charge in [-0.2, -0.15) is 0 Å². The van der Waals surface area contributed by atoms with Crippen molar-refractivity contribution >= 4 is 23.0 Å². The number of amides is 1. The van der Waals surface area contributed by atoms with Gasteiger partial charge in [-0.15, -0.1) is 0 Å². The number of fused-ring (bicyclic) bond motifs is 1. The standard InChI is InChI=1S/C13H14N2O6/c16-6-5-8(12(18)19)14-11(17)7-15-9-3-1-2-4-10(9)21-13(15)20/h1-4,8,16H,5-7H2,(H,14,17)(H,18,19)/t8-/m1/s1. The van der Waals surface area contributed by atoms with Crippen molar-refractivity contribution in [1.29, 1.82) is 0 Å². The highest BCUT2D eigenvalue weighted by Crippen LogP contribution is 2.11. The fraction of sp³-hybridized carbons (Fsp3) is 0.308. The van der Waals surface area contributed by atoms with Gasteiger partial charge >= 0.3 is 11.7 Å². The Morgan fingerprint density at radius 3 is 2.71 bits per heavy atom. The second-order valence-corrected chi connectivity index (χ2v) is 4.39. The van der Waals surface area contributed by atoms with Gasteiger partial charge < -0.3 is 19.9 Å². The summed E-state index contributed by atoms with van der Waals surface area (Å²) in [6.45, 7) is -0.725. The highest BCUT2D eigenvalue weighted by molar-refractivity contribution is 5.84. The Hall–Kier alpha value is -2.61. The number of carbonyl (C=O) groups excluding carboxylic acids is 1. The molecule has 0 aliphatic carbocycles. The van der Waals surface area contributed by atoms with Crippen LogP contribution in [0.2, 0.25) is 0 Å². The van der Waals surface area contributed by atoms with Crippen LogP contribution < -0.4 is 11.1 Å². The molecule has 112 valence electrons. The van der Waals surface area contributed by atoms with Gasteiger partial charge in [-0.1, -0.05) is 12.1 Å². The van der Waals surface area contributed by atoms with Crippen LogP contribution in [0.3, 0.4) is 0 Å². The van der Waals surface area contributed by atoms with Crippen molar-refractivity contribution in [2.75, 3.05) is 6.61 Å². The van der Waals surface area contributed by atoms with E-state index in [1.54, 1.807) is 24.3 Å². The number of carbonyl (C=O) groups is 2. The van der Waals surface area contributed by atoms with E-state index in [1.807, 2.05) is 0 Å². The molecule has 0 spiro atoms. The summed E-state index contributed by atoms with van der Waals surface area (Å²) in [6.07, 6.45) is -0.109. The number of nitrogens with zero attached hydrogens (tertiary/aromatic N) is 1. The maximum absolute atomic E-state index is 11.8. The average Bonchev–Trinajstić information content (AvgIpc) is 2.75. The molecular formula is C13H14N2O6. The molecule has 1 amide bonds. The Morgan fingerprint density at radius 2 is 2.05 bits per heavy atom. The first-order valence-electron chi connectivity index (χ1n) is 6.24. The molecule has 3 N–H and O–H groups in total. The van der Waals surface area contributed by atoms with Crippen LogP contribution in [0.25, 0.3) is 11.1 Å². The molecule has 0 saturated carbocycles. The first kappa shape index (κ1) is 14.8. The van der Waals surface area contributed by atoms with Gasteiger partial charge in [0.2, 0.25) is 5.91 Å². The number of carboxylic acids is 1. The molecule has 1 heterocycles. The van der Waals surface area contributed by atoms with Gasteiger partial charge in [-0.3, -0.25) is 9.36 Å². The second kappa shape index (κ2) is 6.23. The lowest BCUT2D eigenvalue weighted by Gasteiger charge is -2.13. The van der Waals surface area contributed by atoms with Crippen LogP contribution in [0, 0.1) is 0 Å². The van der Waals surface area contributed by atoms with Gasteiger partial charge in [0.25, 0.3) is 0 Å². The largest absolute Gasteiger partial charge is 0.480 e. The number of para-hydroxylation sites is 2. The summed E-state index contributed by atoms with van der Waals surface area (Å²) < 4.78 is 6.08. The highest BCUT2D eigenvalue weighted by Gasteiger charge is 2.20. The van der Waals surface area contributed by atoms with Crippen LogP contribution in [0.4, 0.5) is 0 Å². The molecule has 1 aromatic carbocycles. The first-order valence-corrected chi connectivity index (χ1v) is 6.24. The lowest BCUT2D eigenvalue weighted by Crippen LogP contribution is -2.43. The van der Waals surface area contributed by atoms with Crippen molar-refractivity contribution in [2.45, 2.75) is 19.0 Å². The number of aliphatic hydroxyl groups excluding tert-OH is 1. The number of aliphatic carboxylic acids is 1. The molecule has 0 bridgehead atoms. The van der Waals surface area contributed by atoms with Gasteiger partial charge in [0.15, 0.2) is 5.58 Å². The molecular weight excluding hydrogens is 280 g/mol. The average molecular weight is 294 g/mol. The Labute approximate surface area is 118 Å². The highest BCUT2D eigenvalue weighted by atomic mass is 16.4. The fourth-order valence-electron chi connectivity index (χ4n) is 1.93. The minimum absolute atomic E-state index is 0.109. The zero-order valence-corrected chi connectivity index (χ0v) is 11.0. The SMILES string of the molecule is O=C(Cn1c(=O)oc2ccccc21)N[C@H](CCO)C(=O)O. The monoisotopic (exact) mass is 294 g/mol. The topological polar surface area (TPSA) is 122 Å². The minimum Gasteiger partial charge on any atom is -0.480 e. The fourth-order valence-corrected chi connectivity index (χ4v) is 1.93. The maximum atomic E-state index is 11.8. The molecule has 8 nitrogen and oxygen atoms in total. The van der Waals surface area contributed by atoms with E-state index in [4.69, 9.17) is 14.6 Å². The van der Waals surface area contributed by atoms with Crippen LogP contribution >= 0.6 is 0 Å². The van der Waals surface area contributed by atoms with Crippen LogP contribution in [0.1, 0.15) is 6.42 Å². The molecule has 1 aromatic heterocycles. The van der Waals surface area contributed by atoms with Gasteiger partial charge in [0.05, 0.1) is 5.52 Å². The molecule has 2 aromatic rings. The predicted molar refractivity (Wildman–Crippen MR) is 71.7 cm³/mol. The summed E-state index contributed by atoms with van der Waals surface area (Å²) in [6, 6.07) is 5.40.